The maximum Gasteiger partial charge on any atom is 0.317 e. The highest BCUT2D eigenvalue weighted by molar-refractivity contribution is 5.93. The summed E-state index contributed by atoms with van der Waals surface area (Å²) >= 11 is 0. The van der Waals surface area contributed by atoms with Crippen LogP contribution >= 0.6 is 0 Å². The van der Waals surface area contributed by atoms with Crippen molar-refractivity contribution < 1.29 is 9.59 Å². The van der Waals surface area contributed by atoms with E-state index in [2.05, 4.69) is 20.6 Å². The number of nitrogens with zero attached hydrogens (tertiary/aromatic N) is 4. The van der Waals surface area contributed by atoms with E-state index >= 15 is 0 Å². The number of likely N-dealkylation sites (tertiary alicyclic amines) is 1. The predicted octanol–water partition coefficient (Wildman–Crippen LogP) is 1.28. The van der Waals surface area contributed by atoms with Gasteiger partial charge in [-0.05, 0) is 33.6 Å². The molecule has 0 aliphatic carbocycles. The molecule has 138 valence electrons. The highest BCUT2D eigenvalue weighted by Gasteiger charge is 2.33. The number of urea groups is 1. The van der Waals surface area contributed by atoms with Crippen molar-refractivity contribution in [3.05, 3.63) is 12.3 Å². The fraction of sp³-hybridized carbons (Fsp3) is 0.706. The van der Waals surface area contributed by atoms with Gasteiger partial charge >= 0.3 is 6.03 Å². The summed E-state index contributed by atoms with van der Waals surface area (Å²) in [5.41, 5.74) is 0. The molecule has 8 nitrogen and oxygen atoms in total. The molecule has 1 atom stereocenters. The molecule has 2 saturated heterocycles. The van der Waals surface area contributed by atoms with Gasteiger partial charge in [0.1, 0.15) is 5.82 Å². The minimum absolute atomic E-state index is 0.0141. The fourth-order valence-corrected chi connectivity index (χ4v) is 3.64. The van der Waals surface area contributed by atoms with E-state index in [0.29, 0.717) is 0 Å². The first kappa shape index (κ1) is 17.7. The number of piperidine rings is 1. The number of hydrogen-bond acceptors (Lipinski definition) is 4. The Hall–Kier alpha value is -2.09. The fourth-order valence-electron chi connectivity index (χ4n) is 3.64. The number of anilines is 1. The zero-order valence-electron chi connectivity index (χ0n) is 15.2. The zero-order valence-corrected chi connectivity index (χ0v) is 15.2. The average Bonchev–Trinajstić information content (AvgIpc) is 3.23. The van der Waals surface area contributed by atoms with Crippen LogP contribution in [0.3, 0.4) is 0 Å². The van der Waals surface area contributed by atoms with Gasteiger partial charge in [-0.15, -0.1) is 0 Å². The Kier molecular flexibility index (Phi) is 5.27. The Labute approximate surface area is 148 Å². The molecule has 3 rings (SSSR count). The molecule has 0 radical (unpaired) electrons. The van der Waals surface area contributed by atoms with Gasteiger partial charge in [-0.3, -0.25) is 9.69 Å². The van der Waals surface area contributed by atoms with Crippen molar-refractivity contribution in [1.82, 2.24) is 24.9 Å². The van der Waals surface area contributed by atoms with Crippen molar-refractivity contribution in [3.8, 4) is 0 Å². The van der Waals surface area contributed by atoms with E-state index in [4.69, 9.17) is 0 Å². The van der Waals surface area contributed by atoms with E-state index in [-0.39, 0.29) is 30.1 Å². The summed E-state index contributed by atoms with van der Waals surface area (Å²) in [6.07, 6.45) is 3.52. The molecular weight excluding hydrogens is 320 g/mol. The number of rotatable bonds is 5. The predicted molar refractivity (Wildman–Crippen MR) is 95.4 cm³/mol. The van der Waals surface area contributed by atoms with E-state index in [1.165, 1.54) is 0 Å². The number of aromatic nitrogens is 2. The minimum atomic E-state index is -0.205. The molecule has 3 amide bonds. The normalized spacial score (nSPS) is 20.8. The molecule has 2 N–H and O–H groups in total. The van der Waals surface area contributed by atoms with E-state index < -0.39 is 0 Å². The third-order valence-corrected chi connectivity index (χ3v) is 5.17. The van der Waals surface area contributed by atoms with E-state index in [9.17, 15) is 9.59 Å². The molecule has 0 saturated carbocycles. The second-order valence-electron chi connectivity index (χ2n) is 7.11. The van der Waals surface area contributed by atoms with Crippen LogP contribution in [-0.2, 0) is 4.79 Å². The van der Waals surface area contributed by atoms with Crippen molar-refractivity contribution in [2.75, 3.05) is 31.5 Å². The molecule has 1 aromatic rings. The summed E-state index contributed by atoms with van der Waals surface area (Å²) in [5, 5.41) is 10.1. The molecule has 2 aliphatic heterocycles. The molecule has 0 aromatic carbocycles. The van der Waals surface area contributed by atoms with Crippen LogP contribution in [0, 0.1) is 0 Å². The molecule has 25 heavy (non-hydrogen) atoms. The van der Waals surface area contributed by atoms with Gasteiger partial charge in [-0.2, -0.15) is 5.10 Å². The molecule has 0 spiro atoms. The molecule has 3 heterocycles. The monoisotopic (exact) mass is 348 g/mol. The Morgan fingerprint density at radius 3 is 2.60 bits per heavy atom. The summed E-state index contributed by atoms with van der Waals surface area (Å²) in [4.78, 5) is 28.5. The summed E-state index contributed by atoms with van der Waals surface area (Å²) < 4.78 is 1.81. The maximum absolute atomic E-state index is 12.6. The van der Waals surface area contributed by atoms with Crippen molar-refractivity contribution >= 4 is 17.8 Å². The number of amides is 3. The first-order valence-electron chi connectivity index (χ1n) is 9.10. The Morgan fingerprint density at radius 2 is 2.00 bits per heavy atom. The third-order valence-electron chi connectivity index (χ3n) is 5.17. The van der Waals surface area contributed by atoms with Crippen LogP contribution in [0.25, 0.3) is 0 Å². The molecule has 0 bridgehead atoms. The summed E-state index contributed by atoms with van der Waals surface area (Å²) in [7, 11) is 0. The number of nitrogens with one attached hydrogen (secondary N) is 2. The van der Waals surface area contributed by atoms with E-state index in [1.54, 1.807) is 6.20 Å². The van der Waals surface area contributed by atoms with Crippen molar-refractivity contribution in [1.29, 1.82) is 0 Å². The SMILES string of the molecule is CC(C(=O)Nc1ccnn1C(C)C)N1CCC(N2CCNC2=O)CC1. The topological polar surface area (TPSA) is 82.5 Å². The Bertz CT molecular complexity index is 620. The number of carbonyl (C=O) groups is 2. The van der Waals surface area contributed by atoms with E-state index in [0.717, 1.165) is 44.8 Å². The lowest BCUT2D eigenvalue weighted by Gasteiger charge is -2.38. The van der Waals surface area contributed by atoms with Crippen LogP contribution in [-0.4, -0.2) is 69.8 Å². The van der Waals surface area contributed by atoms with Gasteiger partial charge in [-0.1, -0.05) is 0 Å². The molecule has 1 unspecified atom stereocenters. The molecule has 8 heteroatoms. The first-order chi connectivity index (χ1) is 12.0. The molecule has 2 aliphatic rings. The van der Waals surface area contributed by atoms with Crippen molar-refractivity contribution in [2.24, 2.45) is 0 Å². The average molecular weight is 348 g/mol. The lowest BCUT2D eigenvalue weighted by molar-refractivity contribution is -0.121. The Balaban J connectivity index is 1.53. The Morgan fingerprint density at radius 1 is 1.28 bits per heavy atom. The van der Waals surface area contributed by atoms with Crippen LogP contribution in [0.4, 0.5) is 10.6 Å². The zero-order chi connectivity index (χ0) is 18.0. The van der Waals surface area contributed by atoms with Gasteiger partial charge < -0.3 is 15.5 Å². The molecular formula is C17H28N6O2. The lowest BCUT2D eigenvalue weighted by atomic mass is 10.0. The summed E-state index contributed by atoms with van der Waals surface area (Å²) in [6.45, 7) is 9.18. The summed E-state index contributed by atoms with van der Waals surface area (Å²) in [6, 6.07) is 2.15. The summed E-state index contributed by atoms with van der Waals surface area (Å²) in [5.74, 6) is 0.718. The highest BCUT2D eigenvalue weighted by atomic mass is 16.2. The molecule has 1 aromatic heterocycles. The number of hydrogen-bond donors (Lipinski definition) is 2. The lowest BCUT2D eigenvalue weighted by Crippen LogP contribution is -2.51. The van der Waals surface area contributed by atoms with Crippen molar-refractivity contribution in [3.63, 3.8) is 0 Å². The van der Waals surface area contributed by atoms with Crippen LogP contribution in [0.5, 0.6) is 0 Å². The quantitative estimate of drug-likeness (QED) is 0.840. The van der Waals surface area contributed by atoms with Gasteiger partial charge in [0.25, 0.3) is 0 Å². The van der Waals surface area contributed by atoms with Crippen molar-refractivity contribution in [2.45, 2.75) is 51.7 Å². The number of carbonyl (C=O) groups excluding carboxylic acids is 2. The minimum Gasteiger partial charge on any atom is -0.336 e. The standard InChI is InChI=1S/C17H28N6O2/c1-12(2)23-15(4-7-19-23)20-16(24)13(3)21-9-5-14(6-10-21)22-11-8-18-17(22)25/h4,7,12-14H,5-6,8-11H2,1-3H3,(H,18,25)(H,20,24). The first-order valence-corrected chi connectivity index (χ1v) is 9.10. The van der Waals surface area contributed by atoms with Gasteiger partial charge in [0.15, 0.2) is 0 Å². The maximum atomic E-state index is 12.6. The van der Waals surface area contributed by atoms with Gasteiger partial charge in [0.05, 0.1) is 12.2 Å². The van der Waals surface area contributed by atoms with E-state index in [1.807, 2.05) is 36.4 Å². The second-order valence-corrected chi connectivity index (χ2v) is 7.11. The van der Waals surface area contributed by atoms with Crippen LogP contribution in [0.15, 0.2) is 12.3 Å². The van der Waals surface area contributed by atoms with Crippen LogP contribution < -0.4 is 10.6 Å². The smallest absolute Gasteiger partial charge is 0.317 e. The van der Waals surface area contributed by atoms with Gasteiger partial charge in [0.2, 0.25) is 5.91 Å². The van der Waals surface area contributed by atoms with Crippen LogP contribution in [0.2, 0.25) is 0 Å². The van der Waals surface area contributed by atoms with Crippen LogP contribution in [0.1, 0.15) is 39.7 Å². The third kappa shape index (κ3) is 3.78. The van der Waals surface area contributed by atoms with Gasteiger partial charge in [-0.25, -0.2) is 9.48 Å². The van der Waals surface area contributed by atoms with Gasteiger partial charge in [0, 0.05) is 44.3 Å². The largest absolute Gasteiger partial charge is 0.336 e. The second kappa shape index (κ2) is 7.43. The molecule has 2 fully saturated rings. The highest BCUT2D eigenvalue weighted by Crippen LogP contribution is 2.21.